The number of halogens is 1. The Hall–Kier alpha value is -2.28. The summed E-state index contributed by atoms with van der Waals surface area (Å²) in [5.41, 5.74) is 1.07. The van der Waals surface area contributed by atoms with Crippen molar-refractivity contribution in [2.45, 2.75) is 19.8 Å². The maximum absolute atomic E-state index is 12.9. The Bertz CT molecular complexity index is 670. The molecule has 1 amide bonds. The molecule has 0 saturated heterocycles. The van der Waals surface area contributed by atoms with Crippen LogP contribution in [0.25, 0.3) is 10.6 Å². The number of esters is 1. The lowest BCUT2D eigenvalue weighted by Gasteiger charge is -2.03. The minimum atomic E-state index is -0.315. The third-order valence-corrected chi connectivity index (χ3v) is 3.87. The zero-order valence-electron chi connectivity index (χ0n) is 12.7. The fourth-order valence-corrected chi connectivity index (χ4v) is 2.67. The van der Waals surface area contributed by atoms with Crippen molar-refractivity contribution in [1.29, 1.82) is 0 Å². The van der Waals surface area contributed by atoms with Gasteiger partial charge in [-0.2, -0.15) is 0 Å². The number of hydrogen-bond donors (Lipinski definition) is 1. The second-order valence-corrected chi connectivity index (χ2v) is 5.57. The number of thiazole rings is 1. The van der Waals surface area contributed by atoms with Crippen LogP contribution in [0.1, 0.15) is 30.3 Å². The van der Waals surface area contributed by atoms with Crippen LogP contribution in [-0.4, -0.2) is 30.0 Å². The predicted molar refractivity (Wildman–Crippen MR) is 85.7 cm³/mol. The molecule has 0 bridgehead atoms. The third kappa shape index (κ3) is 5.14. The summed E-state index contributed by atoms with van der Waals surface area (Å²) in [4.78, 5) is 27.4. The van der Waals surface area contributed by atoms with Crippen molar-refractivity contribution in [3.8, 4) is 10.6 Å². The number of amides is 1. The van der Waals surface area contributed by atoms with Gasteiger partial charge in [0.15, 0.2) is 0 Å². The van der Waals surface area contributed by atoms with Gasteiger partial charge in [-0.15, -0.1) is 11.3 Å². The molecular formula is C16H17FN2O3S. The topological polar surface area (TPSA) is 68.3 Å². The van der Waals surface area contributed by atoms with Gasteiger partial charge in [0.2, 0.25) is 0 Å². The van der Waals surface area contributed by atoms with E-state index in [1.165, 1.54) is 23.5 Å². The highest BCUT2D eigenvalue weighted by Gasteiger charge is 2.12. The largest absolute Gasteiger partial charge is 0.466 e. The minimum absolute atomic E-state index is 0.269. The van der Waals surface area contributed by atoms with Gasteiger partial charge in [-0.3, -0.25) is 9.59 Å². The molecule has 0 atom stereocenters. The number of nitrogens with one attached hydrogen (secondary N) is 1. The Kier molecular flexibility index (Phi) is 6.22. The molecule has 0 fully saturated rings. The van der Waals surface area contributed by atoms with Crippen LogP contribution in [0, 0.1) is 5.82 Å². The first-order valence-corrected chi connectivity index (χ1v) is 8.13. The molecule has 5 nitrogen and oxygen atoms in total. The molecule has 1 aromatic heterocycles. The van der Waals surface area contributed by atoms with Crippen LogP contribution in [-0.2, 0) is 9.53 Å². The van der Waals surface area contributed by atoms with Crippen molar-refractivity contribution >= 4 is 23.2 Å². The fourth-order valence-electron chi connectivity index (χ4n) is 1.86. The molecule has 0 unspecified atom stereocenters. The Balaban J connectivity index is 1.84. The summed E-state index contributed by atoms with van der Waals surface area (Å²) < 4.78 is 17.7. The van der Waals surface area contributed by atoms with Gasteiger partial charge in [-0.1, -0.05) is 0 Å². The first-order chi connectivity index (χ1) is 11.1. The average Bonchev–Trinajstić information content (AvgIpc) is 3.02. The van der Waals surface area contributed by atoms with E-state index < -0.39 is 0 Å². The van der Waals surface area contributed by atoms with Crippen molar-refractivity contribution in [2.24, 2.45) is 0 Å². The molecule has 23 heavy (non-hydrogen) atoms. The maximum atomic E-state index is 12.9. The standard InChI is InChI=1S/C16H17FN2O3S/c1-2-22-14(20)4-3-9-18-15(21)13-10-23-16(19-13)11-5-7-12(17)8-6-11/h5-8,10H,2-4,9H2,1H3,(H,18,21). The number of ether oxygens (including phenoxy) is 1. The summed E-state index contributed by atoms with van der Waals surface area (Å²) in [6, 6.07) is 5.95. The van der Waals surface area contributed by atoms with E-state index in [1.807, 2.05) is 0 Å². The van der Waals surface area contributed by atoms with E-state index in [2.05, 4.69) is 10.3 Å². The average molecular weight is 336 g/mol. The summed E-state index contributed by atoms with van der Waals surface area (Å²) in [5.74, 6) is -0.877. The summed E-state index contributed by atoms with van der Waals surface area (Å²) in [6.07, 6.45) is 0.783. The molecular weight excluding hydrogens is 319 g/mol. The molecule has 0 radical (unpaired) electrons. The van der Waals surface area contributed by atoms with Crippen LogP contribution >= 0.6 is 11.3 Å². The molecule has 1 aromatic carbocycles. The summed E-state index contributed by atoms with van der Waals surface area (Å²) in [5, 5.41) is 5.01. The van der Waals surface area contributed by atoms with Crippen LogP contribution < -0.4 is 5.32 Å². The molecule has 122 valence electrons. The van der Waals surface area contributed by atoms with Crippen LogP contribution in [0.15, 0.2) is 29.6 Å². The minimum Gasteiger partial charge on any atom is -0.466 e. The van der Waals surface area contributed by atoms with E-state index in [4.69, 9.17) is 4.74 Å². The van der Waals surface area contributed by atoms with Crippen LogP contribution in [0.3, 0.4) is 0 Å². The van der Waals surface area contributed by atoms with Gasteiger partial charge in [-0.05, 0) is 37.6 Å². The van der Waals surface area contributed by atoms with Crippen molar-refractivity contribution in [1.82, 2.24) is 10.3 Å². The SMILES string of the molecule is CCOC(=O)CCCNC(=O)c1csc(-c2ccc(F)cc2)n1. The molecule has 1 N–H and O–H groups in total. The summed E-state index contributed by atoms with van der Waals surface area (Å²) >= 11 is 1.32. The van der Waals surface area contributed by atoms with Crippen molar-refractivity contribution in [2.75, 3.05) is 13.2 Å². The Morgan fingerprint density at radius 1 is 1.30 bits per heavy atom. The molecule has 0 aliphatic rings. The first-order valence-electron chi connectivity index (χ1n) is 7.25. The van der Waals surface area contributed by atoms with Crippen LogP contribution in [0.5, 0.6) is 0 Å². The number of carbonyl (C=O) groups is 2. The Morgan fingerprint density at radius 2 is 2.04 bits per heavy atom. The number of benzene rings is 1. The quantitative estimate of drug-likeness (QED) is 0.623. The lowest BCUT2D eigenvalue weighted by Crippen LogP contribution is -2.25. The molecule has 1 heterocycles. The lowest BCUT2D eigenvalue weighted by molar-refractivity contribution is -0.143. The number of nitrogens with zero attached hydrogens (tertiary/aromatic N) is 1. The van der Waals surface area contributed by atoms with E-state index >= 15 is 0 Å². The van der Waals surface area contributed by atoms with Crippen LogP contribution in [0.4, 0.5) is 4.39 Å². The van der Waals surface area contributed by atoms with Gasteiger partial charge >= 0.3 is 5.97 Å². The number of hydrogen-bond acceptors (Lipinski definition) is 5. The van der Waals surface area contributed by atoms with Crippen LogP contribution in [0.2, 0.25) is 0 Å². The number of carbonyl (C=O) groups excluding carboxylic acids is 2. The monoisotopic (exact) mass is 336 g/mol. The molecule has 0 saturated carbocycles. The van der Waals surface area contributed by atoms with E-state index in [9.17, 15) is 14.0 Å². The van der Waals surface area contributed by atoms with Gasteiger partial charge in [0.25, 0.3) is 5.91 Å². The summed E-state index contributed by atoms with van der Waals surface area (Å²) in [7, 11) is 0. The third-order valence-electron chi connectivity index (χ3n) is 2.98. The van der Waals surface area contributed by atoms with Crippen molar-refractivity contribution in [3.05, 3.63) is 41.2 Å². The molecule has 0 aliphatic carbocycles. The highest BCUT2D eigenvalue weighted by atomic mass is 32.1. The summed E-state index contributed by atoms with van der Waals surface area (Å²) in [6.45, 7) is 2.48. The fraction of sp³-hybridized carbons (Fsp3) is 0.312. The lowest BCUT2D eigenvalue weighted by atomic mass is 10.2. The Labute approximate surface area is 137 Å². The van der Waals surface area contributed by atoms with Gasteiger partial charge in [0.05, 0.1) is 6.61 Å². The highest BCUT2D eigenvalue weighted by molar-refractivity contribution is 7.13. The molecule has 2 aromatic rings. The zero-order chi connectivity index (χ0) is 16.7. The second kappa shape index (κ2) is 8.38. The van der Waals surface area contributed by atoms with Gasteiger partial charge in [-0.25, -0.2) is 9.37 Å². The maximum Gasteiger partial charge on any atom is 0.305 e. The van der Waals surface area contributed by atoms with E-state index in [-0.39, 0.29) is 24.1 Å². The zero-order valence-corrected chi connectivity index (χ0v) is 13.5. The van der Waals surface area contributed by atoms with E-state index in [0.717, 1.165) is 5.56 Å². The van der Waals surface area contributed by atoms with Crippen molar-refractivity contribution < 1.29 is 18.7 Å². The first kappa shape index (κ1) is 17.1. The molecule has 0 spiro atoms. The van der Waals surface area contributed by atoms with Gasteiger partial charge in [0, 0.05) is 23.9 Å². The second-order valence-electron chi connectivity index (χ2n) is 4.71. The van der Waals surface area contributed by atoms with Gasteiger partial charge in [0.1, 0.15) is 16.5 Å². The highest BCUT2D eigenvalue weighted by Crippen LogP contribution is 2.23. The smallest absolute Gasteiger partial charge is 0.305 e. The van der Waals surface area contributed by atoms with Crippen molar-refractivity contribution in [3.63, 3.8) is 0 Å². The predicted octanol–water partition coefficient (Wildman–Crippen LogP) is 3.02. The molecule has 7 heteroatoms. The van der Waals surface area contributed by atoms with E-state index in [1.54, 1.807) is 24.4 Å². The van der Waals surface area contributed by atoms with E-state index in [0.29, 0.717) is 30.3 Å². The molecule has 0 aliphatic heterocycles. The number of aromatic nitrogens is 1. The van der Waals surface area contributed by atoms with Gasteiger partial charge < -0.3 is 10.1 Å². The normalized spacial score (nSPS) is 10.3. The number of rotatable bonds is 7. The Morgan fingerprint density at radius 3 is 2.74 bits per heavy atom. The molecule has 2 rings (SSSR count).